The maximum atomic E-state index is 11.9. The quantitative estimate of drug-likeness (QED) is 0.311. The van der Waals surface area contributed by atoms with Crippen molar-refractivity contribution in [3.8, 4) is 5.75 Å². The van der Waals surface area contributed by atoms with Gasteiger partial charge < -0.3 is 13.9 Å². The molecular formula is C20H14O6. The van der Waals surface area contributed by atoms with Crippen molar-refractivity contribution < 1.29 is 23.5 Å². The van der Waals surface area contributed by atoms with Gasteiger partial charge in [-0.2, -0.15) is 0 Å². The number of fused-ring (bicyclic) bond motifs is 1. The average molecular weight is 350 g/mol. The van der Waals surface area contributed by atoms with E-state index >= 15 is 0 Å². The number of methoxy groups -OCH3 is 1. The van der Waals surface area contributed by atoms with Crippen molar-refractivity contribution in [1.29, 1.82) is 0 Å². The van der Waals surface area contributed by atoms with E-state index in [1.54, 1.807) is 48.5 Å². The van der Waals surface area contributed by atoms with Crippen LogP contribution in [0.4, 0.5) is 0 Å². The van der Waals surface area contributed by atoms with Gasteiger partial charge in [0.25, 0.3) is 0 Å². The van der Waals surface area contributed by atoms with Gasteiger partial charge in [-0.05, 0) is 42.0 Å². The lowest BCUT2D eigenvalue weighted by Gasteiger charge is -2.02. The van der Waals surface area contributed by atoms with Crippen LogP contribution in [0.15, 0.2) is 69.9 Å². The third-order valence-corrected chi connectivity index (χ3v) is 3.56. The number of carbonyl (C=O) groups is 2. The number of ether oxygens (including phenoxy) is 2. The number of esters is 2. The summed E-state index contributed by atoms with van der Waals surface area (Å²) in [7, 11) is 1.31. The molecule has 26 heavy (non-hydrogen) atoms. The number of benzene rings is 2. The van der Waals surface area contributed by atoms with Crippen LogP contribution >= 0.6 is 0 Å². The van der Waals surface area contributed by atoms with E-state index in [9.17, 15) is 14.4 Å². The molecule has 3 rings (SSSR count). The molecule has 0 aliphatic carbocycles. The van der Waals surface area contributed by atoms with Crippen LogP contribution in [-0.2, 0) is 9.53 Å². The maximum absolute atomic E-state index is 11.9. The molecule has 0 saturated heterocycles. The highest BCUT2D eigenvalue weighted by Gasteiger charge is 2.05. The van der Waals surface area contributed by atoms with Gasteiger partial charge in [-0.25, -0.2) is 14.4 Å². The van der Waals surface area contributed by atoms with Crippen LogP contribution < -0.4 is 10.4 Å². The molecule has 0 unspecified atom stereocenters. The van der Waals surface area contributed by atoms with E-state index in [2.05, 4.69) is 4.74 Å². The molecule has 0 N–H and O–H groups in total. The van der Waals surface area contributed by atoms with E-state index < -0.39 is 17.6 Å². The predicted molar refractivity (Wildman–Crippen MR) is 94.9 cm³/mol. The van der Waals surface area contributed by atoms with Crippen molar-refractivity contribution in [2.24, 2.45) is 0 Å². The first-order valence-electron chi connectivity index (χ1n) is 7.67. The Morgan fingerprint density at radius 2 is 1.73 bits per heavy atom. The number of hydrogen-bond donors (Lipinski definition) is 0. The molecule has 0 amide bonds. The van der Waals surface area contributed by atoms with Gasteiger partial charge in [-0.15, -0.1) is 0 Å². The lowest BCUT2D eigenvalue weighted by molar-refractivity contribution is -0.128. The van der Waals surface area contributed by atoms with Gasteiger partial charge in [0, 0.05) is 23.6 Å². The first kappa shape index (κ1) is 17.2. The van der Waals surface area contributed by atoms with E-state index in [1.807, 2.05) is 0 Å². The van der Waals surface area contributed by atoms with Crippen LogP contribution in [0.1, 0.15) is 15.9 Å². The summed E-state index contributed by atoms with van der Waals surface area (Å²) in [5, 5.41) is 0.727. The number of carbonyl (C=O) groups excluding carboxylic acids is 2. The van der Waals surface area contributed by atoms with Crippen LogP contribution in [0.2, 0.25) is 0 Å². The maximum Gasteiger partial charge on any atom is 0.337 e. The van der Waals surface area contributed by atoms with Crippen LogP contribution in [0.25, 0.3) is 17.0 Å². The van der Waals surface area contributed by atoms with Crippen LogP contribution in [0.5, 0.6) is 5.75 Å². The Morgan fingerprint density at radius 1 is 1.00 bits per heavy atom. The molecule has 6 heteroatoms. The topological polar surface area (TPSA) is 82.8 Å². The standard InChI is InChI=1S/C20H14O6/c1-24-20(23)15-5-2-13(3-6-15)4-10-18(21)25-16-9-7-14-8-11-19(22)26-17(14)12-16/h2-12H,1H3/b10-4+. The Hall–Kier alpha value is -3.67. The SMILES string of the molecule is COC(=O)c1ccc(/C=C/C(=O)Oc2ccc3ccc(=O)oc3c2)cc1. The van der Waals surface area contributed by atoms with E-state index in [0.29, 0.717) is 11.1 Å². The summed E-state index contributed by atoms with van der Waals surface area (Å²) in [6.07, 6.45) is 2.82. The molecule has 0 atom stereocenters. The third-order valence-electron chi connectivity index (χ3n) is 3.56. The molecule has 1 aromatic heterocycles. The van der Waals surface area contributed by atoms with Crippen molar-refractivity contribution in [2.45, 2.75) is 0 Å². The van der Waals surface area contributed by atoms with Crippen molar-refractivity contribution in [3.63, 3.8) is 0 Å². The molecule has 6 nitrogen and oxygen atoms in total. The van der Waals surface area contributed by atoms with Crippen molar-refractivity contribution in [3.05, 3.63) is 82.2 Å². The lowest BCUT2D eigenvalue weighted by Crippen LogP contribution is -2.04. The fourth-order valence-electron chi connectivity index (χ4n) is 2.27. The van der Waals surface area contributed by atoms with Crippen molar-refractivity contribution >= 4 is 29.0 Å². The molecule has 0 bridgehead atoms. The minimum atomic E-state index is -0.584. The highest BCUT2D eigenvalue weighted by Crippen LogP contribution is 2.19. The summed E-state index contributed by atoms with van der Waals surface area (Å²) in [4.78, 5) is 34.5. The molecule has 0 spiro atoms. The summed E-state index contributed by atoms with van der Waals surface area (Å²) in [6.45, 7) is 0. The van der Waals surface area contributed by atoms with Gasteiger partial charge in [-0.3, -0.25) is 0 Å². The zero-order valence-electron chi connectivity index (χ0n) is 13.8. The largest absolute Gasteiger partial charge is 0.465 e. The Labute approximate surface area is 148 Å². The van der Waals surface area contributed by atoms with Crippen LogP contribution in [-0.4, -0.2) is 19.0 Å². The first-order valence-corrected chi connectivity index (χ1v) is 7.67. The molecule has 0 fully saturated rings. The fraction of sp³-hybridized carbons (Fsp3) is 0.0500. The van der Waals surface area contributed by atoms with Crippen LogP contribution in [0, 0.1) is 0 Å². The van der Waals surface area contributed by atoms with Gasteiger partial charge >= 0.3 is 17.6 Å². The third kappa shape index (κ3) is 4.05. The molecular weight excluding hydrogens is 336 g/mol. The highest BCUT2D eigenvalue weighted by molar-refractivity contribution is 5.91. The number of hydrogen-bond acceptors (Lipinski definition) is 6. The van der Waals surface area contributed by atoms with Crippen molar-refractivity contribution in [1.82, 2.24) is 0 Å². The molecule has 3 aromatic rings. The molecule has 1 heterocycles. The predicted octanol–water partition coefficient (Wildman–Crippen LogP) is 3.20. The summed E-state index contributed by atoms with van der Waals surface area (Å²) < 4.78 is 14.9. The average Bonchev–Trinajstić information content (AvgIpc) is 2.66. The van der Waals surface area contributed by atoms with E-state index in [4.69, 9.17) is 9.15 Å². The second-order valence-corrected chi connectivity index (χ2v) is 5.32. The summed E-state index contributed by atoms with van der Waals surface area (Å²) in [5.74, 6) is -0.745. The first-order chi connectivity index (χ1) is 12.5. The molecule has 130 valence electrons. The molecule has 0 radical (unpaired) electrons. The smallest absolute Gasteiger partial charge is 0.337 e. The minimum Gasteiger partial charge on any atom is -0.465 e. The second-order valence-electron chi connectivity index (χ2n) is 5.32. The highest BCUT2D eigenvalue weighted by atomic mass is 16.5. The van der Waals surface area contributed by atoms with Crippen LogP contribution in [0.3, 0.4) is 0 Å². The monoisotopic (exact) mass is 350 g/mol. The van der Waals surface area contributed by atoms with Gasteiger partial charge in [0.1, 0.15) is 11.3 Å². The summed E-state index contributed by atoms with van der Waals surface area (Å²) in [6, 6.07) is 14.3. The molecule has 0 aliphatic rings. The summed E-state index contributed by atoms with van der Waals surface area (Å²) in [5.41, 5.74) is 1.01. The van der Waals surface area contributed by atoms with Crippen molar-refractivity contribution in [2.75, 3.05) is 7.11 Å². The zero-order valence-corrected chi connectivity index (χ0v) is 13.8. The Kier molecular flexibility index (Phi) is 4.94. The normalized spacial score (nSPS) is 10.8. The Morgan fingerprint density at radius 3 is 2.46 bits per heavy atom. The van der Waals surface area contributed by atoms with E-state index in [1.165, 1.54) is 25.3 Å². The van der Waals surface area contributed by atoms with Gasteiger partial charge in [0.2, 0.25) is 0 Å². The van der Waals surface area contributed by atoms with Gasteiger partial charge in [-0.1, -0.05) is 12.1 Å². The minimum absolute atomic E-state index is 0.266. The second kappa shape index (κ2) is 7.48. The zero-order chi connectivity index (χ0) is 18.5. The number of rotatable bonds is 4. The van der Waals surface area contributed by atoms with E-state index in [0.717, 1.165) is 10.9 Å². The van der Waals surface area contributed by atoms with Gasteiger partial charge in [0.05, 0.1) is 12.7 Å². The Balaban J connectivity index is 1.69. The fourth-order valence-corrected chi connectivity index (χ4v) is 2.27. The molecule has 2 aromatic carbocycles. The lowest BCUT2D eigenvalue weighted by atomic mass is 10.1. The molecule has 0 aliphatic heterocycles. The van der Waals surface area contributed by atoms with Gasteiger partial charge in [0.15, 0.2) is 0 Å². The van der Waals surface area contributed by atoms with E-state index in [-0.39, 0.29) is 5.75 Å². The molecule has 0 saturated carbocycles. The summed E-state index contributed by atoms with van der Waals surface area (Å²) >= 11 is 0. The Bertz CT molecular complexity index is 1040.